The van der Waals surface area contributed by atoms with Crippen molar-refractivity contribution in [1.29, 1.82) is 0 Å². The molecule has 0 radical (unpaired) electrons. The van der Waals surface area contributed by atoms with Crippen LogP contribution in [0.2, 0.25) is 0 Å². The van der Waals surface area contributed by atoms with Gasteiger partial charge in [0.1, 0.15) is 5.82 Å². The lowest BCUT2D eigenvalue weighted by Crippen LogP contribution is -2.31. The lowest BCUT2D eigenvalue weighted by Gasteiger charge is -2.22. The second kappa shape index (κ2) is 8.50. The Labute approximate surface area is 163 Å². The van der Waals surface area contributed by atoms with Crippen molar-refractivity contribution in [3.63, 3.8) is 0 Å². The van der Waals surface area contributed by atoms with Crippen molar-refractivity contribution in [3.05, 3.63) is 70.4 Å². The van der Waals surface area contributed by atoms with Gasteiger partial charge in [0.15, 0.2) is 0 Å². The lowest BCUT2D eigenvalue weighted by molar-refractivity contribution is 0.153. The van der Waals surface area contributed by atoms with Gasteiger partial charge in [-0.2, -0.15) is 5.10 Å². The van der Waals surface area contributed by atoms with E-state index in [-0.39, 0.29) is 18.2 Å². The Morgan fingerprint density at radius 3 is 2.86 bits per heavy atom. The zero-order valence-corrected chi connectivity index (χ0v) is 15.8. The molecule has 4 rings (SSSR count). The molecule has 2 N–H and O–H groups in total. The van der Waals surface area contributed by atoms with E-state index in [1.165, 1.54) is 5.56 Å². The molecule has 1 atom stereocenters. The van der Waals surface area contributed by atoms with Crippen molar-refractivity contribution >= 4 is 0 Å². The number of aliphatic hydroxyl groups excluding tert-OH is 1. The summed E-state index contributed by atoms with van der Waals surface area (Å²) in [6.45, 7) is 2.76. The summed E-state index contributed by atoms with van der Waals surface area (Å²) in [5, 5.41) is 13.7. The Kier molecular flexibility index (Phi) is 5.64. The molecule has 3 heterocycles. The molecular weight excluding hydrogens is 354 g/mol. The molecule has 0 spiro atoms. The van der Waals surface area contributed by atoms with Gasteiger partial charge in [-0.25, -0.2) is 4.98 Å². The number of nitrogens with one attached hydrogen (secondary N) is 1. The van der Waals surface area contributed by atoms with Crippen LogP contribution in [0.4, 0.5) is 0 Å². The molecule has 0 bridgehead atoms. The Morgan fingerprint density at radius 1 is 1.25 bits per heavy atom. The number of hydrogen-bond donors (Lipinski definition) is 2. The molecule has 7 heteroatoms. The van der Waals surface area contributed by atoms with E-state index >= 15 is 0 Å². The van der Waals surface area contributed by atoms with Crippen LogP contribution in [-0.4, -0.2) is 48.9 Å². The largest absolute Gasteiger partial charge is 0.395 e. The highest BCUT2D eigenvalue weighted by molar-refractivity contribution is 5.55. The van der Waals surface area contributed by atoms with Crippen LogP contribution < -0.4 is 5.56 Å². The lowest BCUT2D eigenvalue weighted by atomic mass is 10.1. The molecule has 1 aliphatic heterocycles. The minimum Gasteiger partial charge on any atom is -0.395 e. The van der Waals surface area contributed by atoms with E-state index in [2.05, 4.69) is 32.1 Å². The fraction of sp³-hybridized carbons (Fsp3) is 0.381. The van der Waals surface area contributed by atoms with Crippen molar-refractivity contribution in [2.45, 2.75) is 38.4 Å². The van der Waals surface area contributed by atoms with E-state index in [4.69, 9.17) is 0 Å². The molecule has 0 amide bonds. The molecule has 2 aromatic heterocycles. The third-order valence-corrected chi connectivity index (χ3v) is 5.27. The first-order valence-electron chi connectivity index (χ1n) is 9.73. The number of likely N-dealkylation sites (tertiary alicyclic amines) is 1. The van der Waals surface area contributed by atoms with E-state index < -0.39 is 0 Å². The fourth-order valence-electron chi connectivity index (χ4n) is 3.75. The number of aromatic nitrogens is 4. The van der Waals surface area contributed by atoms with Crippen LogP contribution in [0, 0.1) is 0 Å². The Hall–Kier alpha value is -2.77. The average molecular weight is 379 g/mol. The van der Waals surface area contributed by atoms with E-state index in [0.717, 1.165) is 37.2 Å². The van der Waals surface area contributed by atoms with Crippen molar-refractivity contribution in [2.75, 3.05) is 13.2 Å². The number of hydrogen-bond acceptors (Lipinski definition) is 5. The fourth-order valence-corrected chi connectivity index (χ4v) is 3.75. The minimum atomic E-state index is -0.146. The molecular formula is C21H25N5O2. The number of H-pyrrole nitrogens is 1. The first-order chi connectivity index (χ1) is 13.7. The van der Waals surface area contributed by atoms with Crippen LogP contribution in [0.25, 0.3) is 11.4 Å². The van der Waals surface area contributed by atoms with Gasteiger partial charge in [-0.15, -0.1) is 0 Å². The summed E-state index contributed by atoms with van der Waals surface area (Å²) in [6.07, 6.45) is 6.48. The highest BCUT2D eigenvalue weighted by Crippen LogP contribution is 2.21. The van der Waals surface area contributed by atoms with E-state index in [1.807, 2.05) is 29.1 Å². The summed E-state index contributed by atoms with van der Waals surface area (Å²) >= 11 is 0. The summed E-state index contributed by atoms with van der Waals surface area (Å²) in [5.41, 5.74) is 2.69. The molecule has 1 saturated heterocycles. The second-order valence-electron chi connectivity index (χ2n) is 7.25. The SMILES string of the molecule is O=c1cc(CCn2cccn2)nc(-c2ccc(CN3CCCC3CO)cc2)[nH]1. The molecule has 146 valence electrons. The summed E-state index contributed by atoms with van der Waals surface area (Å²) in [6, 6.07) is 11.8. The Balaban J connectivity index is 1.46. The van der Waals surface area contributed by atoms with Gasteiger partial charge in [-0.05, 0) is 31.0 Å². The maximum Gasteiger partial charge on any atom is 0.251 e. The predicted octanol–water partition coefficient (Wildman–Crippen LogP) is 1.83. The summed E-state index contributed by atoms with van der Waals surface area (Å²) in [5.74, 6) is 0.587. The monoisotopic (exact) mass is 379 g/mol. The Morgan fingerprint density at radius 2 is 2.11 bits per heavy atom. The second-order valence-corrected chi connectivity index (χ2v) is 7.25. The quantitative estimate of drug-likeness (QED) is 0.654. The first-order valence-corrected chi connectivity index (χ1v) is 9.73. The van der Waals surface area contributed by atoms with Crippen LogP contribution in [0.3, 0.4) is 0 Å². The number of benzene rings is 1. The number of rotatable bonds is 7. The molecule has 0 saturated carbocycles. The standard InChI is InChI=1S/C21H25N5O2/c27-15-19-3-1-10-25(19)14-16-4-6-17(7-5-16)21-23-18(13-20(28)24-21)8-12-26-11-2-9-22-26/h2,4-7,9,11,13,19,27H,1,3,8,10,12,14-15H2,(H,23,24,28). The first kappa shape index (κ1) is 18.6. The molecule has 1 aromatic carbocycles. The molecule has 1 fully saturated rings. The van der Waals surface area contributed by atoms with Crippen LogP contribution >= 0.6 is 0 Å². The van der Waals surface area contributed by atoms with Gasteiger partial charge in [0.05, 0.1) is 12.3 Å². The van der Waals surface area contributed by atoms with Crippen molar-refractivity contribution in [3.8, 4) is 11.4 Å². The van der Waals surface area contributed by atoms with E-state index in [0.29, 0.717) is 18.8 Å². The third kappa shape index (κ3) is 4.37. The van der Waals surface area contributed by atoms with Crippen molar-refractivity contribution < 1.29 is 5.11 Å². The zero-order chi connectivity index (χ0) is 19.3. The minimum absolute atomic E-state index is 0.146. The number of aromatic amines is 1. The molecule has 0 aliphatic carbocycles. The highest BCUT2D eigenvalue weighted by Gasteiger charge is 2.23. The van der Waals surface area contributed by atoms with Gasteiger partial charge in [0, 0.05) is 49.6 Å². The molecule has 3 aromatic rings. The number of aliphatic hydroxyl groups is 1. The number of nitrogens with zero attached hydrogens (tertiary/aromatic N) is 4. The topological polar surface area (TPSA) is 87.0 Å². The van der Waals surface area contributed by atoms with Crippen LogP contribution in [0.15, 0.2) is 53.6 Å². The van der Waals surface area contributed by atoms with Crippen molar-refractivity contribution in [1.82, 2.24) is 24.6 Å². The summed E-state index contributed by atoms with van der Waals surface area (Å²) in [4.78, 5) is 21.8. The summed E-state index contributed by atoms with van der Waals surface area (Å²) in [7, 11) is 0. The van der Waals surface area contributed by atoms with Crippen LogP contribution in [0.5, 0.6) is 0 Å². The Bertz CT molecular complexity index is 950. The average Bonchev–Trinajstić information content (AvgIpc) is 3.38. The van der Waals surface area contributed by atoms with Gasteiger partial charge in [0.2, 0.25) is 0 Å². The molecule has 7 nitrogen and oxygen atoms in total. The maximum atomic E-state index is 12.1. The molecule has 28 heavy (non-hydrogen) atoms. The normalized spacial score (nSPS) is 17.2. The maximum absolute atomic E-state index is 12.1. The smallest absolute Gasteiger partial charge is 0.251 e. The number of aryl methyl sites for hydroxylation is 2. The van der Waals surface area contributed by atoms with Gasteiger partial charge in [-0.1, -0.05) is 24.3 Å². The molecule has 1 aliphatic rings. The van der Waals surface area contributed by atoms with Gasteiger partial charge in [0.25, 0.3) is 5.56 Å². The van der Waals surface area contributed by atoms with Crippen molar-refractivity contribution in [2.24, 2.45) is 0 Å². The van der Waals surface area contributed by atoms with E-state index in [1.54, 1.807) is 12.3 Å². The zero-order valence-electron chi connectivity index (χ0n) is 15.8. The predicted molar refractivity (Wildman–Crippen MR) is 107 cm³/mol. The molecule has 1 unspecified atom stereocenters. The van der Waals surface area contributed by atoms with Gasteiger partial charge < -0.3 is 10.1 Å². The highest BCUT2D eigenvalue weighted by atomic mass is 16.3. The van der Waals surface area contributed by atoms with Gasteiger partial charge >= 0.3 is 0 Å². The van der Waals surface area contributed by atoms with Gasteiger partial charge in [-0.3, -0.25) is 14.4 Å². The third-order valence-electron chi connectivity index (χ3n) is 5.27. The van der Waals surface area contributed by atoms with E-state index in [9.17, 15) is 9.90 Å². The van der Waals surface area contributed by atoms with Crippen LogP contribution in [0.1, 0.15) is 24.1 Å². The summed E-state index contributed by atoms with van der Waals surface area (Å²) < 4.78 is 1.83. The van der Waals surface area contributed by atoms with Crippen LogP contribution in [-0.2, 0) is 19.5 Å².